The molecule has 13 heteroatoms. The number of ether oxygens (including phenoxy) is 1. The molecule has 2 aliphatic heterocycles. The molecule has 11 nitrogen and oxygen atoms in total. The Balaban J connectivity index is 1.62. The zero-order valence-electron chi connectivity index (χ0n) is 12.0. The van der Waals surface area contributed by atoms with Crippen LogP contribution in [0.15, 0.2) is 11.1 Å². The summed E-state index contributed by atoms with van der Waals surface area (Å²) < 4.78 is 29.0. The number of hydrogen-bond acceptors (Lipinski definition) is 9. The first kappa shape index (κ1) is 16.3. The summed E-state index contributed by atoms with van der Waals surface area (Å²) in [5.41, 5.74) is 6.68. The number of nitrogens with zero attached hydrogens (tertiary/aromatic N) is 4. The smallest absolute Gasteiger partial charge is 0.387 e. The zero-order valence-corrected chi connectivity index (χ0v) is 14.5. The van der Waals surface area contributed by atoms with Crippen LogP contribution in [0.4, 0.5) is 5.82 Å². The van der Waals surface area contributed by atoms with Gasteiger partial charge < -0.3 is 25.0 Å². The van der Waals surface area contributed by atoms with E-state index in [-0.39, 0.29) is 19.0 Å². The van der Waals surface area contributed by atoms with Gasteiger partial charge in [0.25, 0.3) is 0 Å². The number of anilines is 1. The zero-order chi connectivity index (χ0) is 17.1. The van der Waals surface area contributed by atoms with Crippen LogP contribution in [0.5, 0.6) is 0 Å². The number of rotatable bonds is 2. The lowest BCUT2D eigenvalue weighted by atomic mass is 10.1. The summed E-state index contributed by atoms with van der Waals surface area (Å²) in [6.07, 6.45) is -2.07. The molecule has 0 radical (unpaired) electrons. The lowest BCUT2D eigenvalue weighted by Gasteiger charge is -2.28. The van der Waals surface area contributed by atoms with Crippen LogP contribution < -0.4 is 5.73 Å². The highest BCUT2D eigenvalue weighted by Crippen LogP contribution is 2.51. The van der Waals surface area contributed by atoms with Gasteiger partial charge in [0.15, 0.2) is 21.7 Å². The maximum Gasteiger partial charge on any atom is 0.472 e. The van der Waals surface area contributed by atoms with Gasteiger partial charge in [-0.3, -0.25) is 9.05 Å². The lowest BCUT2D eigenvalue weighted by molar-refractivity contribution is -0.0557. The Morgan fingerprint density at radius 3 is 3.08 bits per heavy atom. The van der Waals surface area contributed by atoms with E-state index in [9.17, 15) is 14.6 Å². The quantitative estimate of drug-likeness (QED) is 0.438. The molecule has 130 valence electrons. The molecule has 2 fully saturated rings. The number of phosphoric ester groups is 1. The van der Waals surface area contributed by atoms with E-state index in [1.807, 2.05) is 0 Å². The molecule has 0 aromatic carbocycles. The fourth-order valence-corrected chi connectivity index (χ4v) is 4.30. The molecule has 2 aromatic heterocycles. The van der Waals surface area contributed by atoms with Crippen molar-refractivity contribution in [3.05, 3.63) is 11.1 Å². The van der Waals surface area contributed by atoms with Crippen LogP contribution in [0.25, 0.3) is 11.2 Å². The van der Waals surface area contributed by atoms with Crippen LogP contribution in [0, 0.1) is 0 Å². The number of nitrogens with two attached hydrogens (primary N) is 1. The minimum Gasteiger partial charge on any atom is -0.387 e. The maximum atomic E-state index is 11.5. The molecule has 2 aromatic rings. The van der Waals surface area contributed by atoms with Crippen molar-refractivity contribution in [2.45, 2.75) is 31.0 Å². The predicted octanol–water partition coefficient (Wildman–Crippen LogP) is -0.185. The minimum atomic E-state index is -4.15. The van der Waals surface area contributed by atoms with Crippen molar-refractivity contribution >= 4 is 40.7 Å². The molecule has 0 spiro atoms. The predicted molar refractivity (Wildman–Crippen MR) is 82.8 cm³/mol. The number of fused-ring (bicyclic) bond motifs is 2. The van der Waals surface area contributed by atoms with Gasteiger partial charge in [0.1, 0.15) is 30.7 Å². The summed E-state index contributed by atoms with van der Waals surface area (Å²) in [5.74, 6) is 0.235. The van der Waals surface area contributed by atoms with Crippen molar-refractivity contribution < 1.29 is 28.3 Å². The molecular weight excluding hydrogens is 409 g/mol. The Morgan fingerprint density at radius 2 is 2.29 bits per heavy atom. The van der Waals surface area contributed by atoms with Crippen LogP contribution in [-0.2, 0) is 24.9 Å². The van der Waals surface area contributed by atoms with Crippen LogP contribution >= 0.6 is 23.8 Å². The van der Waals surface area contributed by atoms with E-state index in [0.29, 0.717) is 15.9 Å². The van der Waals surface area contributed by atoms with Crippen LogP contribution in [0.1, 0.15) is 0 Å². The molecule has 0 bridgehead atoms. The fourth-order valence-electron chi connectivity index (χ4n) is 2.85. The van der Waals surface area contributed by atoms with E-state index in [2.05, 4.69) is 30.9 Å². The summed E-state index contributed by atoms with van der Waals surface area (Å²) >= 11 is 3.32. The molecule has 0 amide bonds. The van der Waals surface area contributed by atoms with E-state index in [4.69, 9.17) is 19.5 Å². The maximum absolute atomic E-state index is 11.5. The highest BCUT2D eigenvalue weighted by molar-refractivity contribution is 9.10. The van der Waals surface area contributed by atoms with E-state index >= 15 is 0 Å². The number of nitrogen functional groups attached to an aromatic ring is 1. The largest absolute Gasteiger partial charge is 0.472 e. The number of aliphatic hydroxyl groups excluding tert-OH is 1. The van der Waals surface area contributed by atoms with Gasteiger partial charge in [-0.1, -0.05) is 0 Å². The van der Waals surface area contributed by atoms with Gasteiger partial charge in [0, 0.05) is 0 Å². The first-order chi connectivity index (χ1) is 11.4. The van der Waals surface area contributed by atoms with Crippen LogP contribution in [-0.4, -0.2) is 60.5 Å². The van der Waals surface area contributed by atoms with Crippen molar-refractivity contribution in [3.8, 4) is 0 Å². The van der Waals surface area contributed by atoms with Gasteiger partial charge >= 0.3 is 7.82 Å². The standard InChI is InChI=1S/C11H13BrN5O6P/c12-11-16-6-9(13)14-3-15-10(6)17(11)1-4-7(18)8-5(22-4)2-21-24(19,20)23-8/h3-5,7-8,18H,1-2H2,(H,19,20)(H2,13,14,15). The average Bonchev–Trinajstić information content (AvgIpc) is 2.99. The molecular formula is C11H13BrN5O6P. The van der Waals surface area contributed by atoms with E-state index in [1.54, 1.807) is 4.57 Å². The molecule has 0 aliphatic carbocycles. The molecule has 5 unspecified atom stereocenters. The van der Waals surface area contributed by atoms with Gasteiger partial charge in [-0.2, -0.15) is 0 Å². The highest BCUT2D eigenvalue weighted by Gasteiger charge is 2.51. The molecule has 0 saturated carbocycles. The number of halogens is 1. The van der Waals surface area contributed by atoms with Gasteiger partial charge in [-0.15, -0.1) is 0 Å². The van der Waals surface area contributed by atoms with E-state index in [1.165, 1.54) is 6.33 Å². The molecule has 4 heterocycles. The van der Waals surface area contributed by atoms with Crippen molar-refractivity contribution in [1.29, 1.82) is 0 Å². The van der Waals surface area contributed by atoms with Crippen molar-refractivity contribution in [3.63, 3.8) is 0 Å². The number of phosphoric acid groups is 1. The Kier molecular flexibility index (Phi) is 3.88. The van der Waals surface area contributed by atoms with Crippen molar-refractivity contribution in [2.75, 3.05) is 12.3 Å². The molecule has 24 heavy (non-hydrogen) atoms. The van der Waals surface area contributed by atoms with Crippen LogP contribution in [0.3, 0.4) is 0 Å². The summed E-state index contributed by atoms with van der Waals surface area (Å²) in [5, 5.41) is 10.4. The highest BCUT2D eigenvalue weighted by atomic mass is 79.9. The third-order valence-corrected chi connectivity index (χ3v) is 5.56. The number of aromatic nitrogens is 4. The van der Waals surface area contributed by atoms with E-state index < -0.39 is 32.2 Å². The summed E-state index contributed by atoms with van der Waals surface area (Å²) in [6, 6.07) is 0. The average molecular weight is 422 g/mol. The fraction of sp³-hybridized carbons (Fsp3) is 0.545. The summed E-state index contributed by atoms with van der Waals surface area (Å²) in [4.78, 5) is 21.7. The third-order valence-electron chi connectivity index (χ3n) is 3.97. The molecule has 2 saturated heterocycles. The Morgan fingerprint density at radius 1 is 1.50 bits per heavy atom. The molecule has 2 aliphatic rings. The van der Waals surface area contributed by atoms with Gasteiger partial charge in [0.05, 0.1) is 13.2 Å². The Bertz CT molecular complexity index is 848. The summed E-state index contributed by atoms with van der Waals surface area (Å²) in [6.45, 7) is 0.0494. The molecule has 5 atom stereocenters. The molecule has 4 N–H and O–H groups in total. The van der Waals surface area contributed by atoms with E-state index in [0.717, 1.165) is 0 Å². The minimum absolute atomic E-state index is 0.132. The normalized spacial score (nSPS) is 36.1. The third kappa shape index (κ3) is 2.64. The monoisotopic (exact) mass is 421 g/mol. The van der Waals surface area contributed by atoms with Crippen LogP contribution in [0.2, 0.25) is 0 Å². The number of imidazole rings is 1. The lowest BCUT2D eigenvalue weighted by Crippen LogP contribution is -2.40. The first-order valence-corrected chi connectivity index (χ1v) is 9.26. The Labute approximate surface area is 143 Å². The van der Waals surface area contributed by atoms with Gasteiger partial charge in [-0.25, -0.2) is 19.5 Å². The SMILES string of the molecule is Nc1ncnc2c1nc(Br)n2CC1OC2COP(=O)(O)OC2C1O. The molecule has 4 rings (SSSR count). The second-order valence-electron chi connectivity index (χ2n) is 5.46. The van der Waals surface area contributed by atoms with Crippen molar-refractivity contribution in [2.24, 2.45) is 0 Å². The van der Waals surface area contributed by atoms with Crippen molar-refractivity contribution in [1.82, 2.24) is 19.5 Å². The number of aliphatic hydroxyl groups is 1. The Hall–Kier alpha value is -1.14. The second kappa shape index (κ2) is 5.70. The topological polar surface area (TPSA) is 155 Å². The van der Waals surface area contributed by atoms with Gasteiger partial charge in [0.2, 0.25) is 0 Å². The number of hydrogen-bond donors (Lipinski definition) is 3. The summed E-state index contributed by atoms with van der Waals surface area (Å²) in [7, 11) is -4.15. The first-order valence-electron chi connectivity index (χ1n) is 6.97. The second-order valence-corrected chi connectivity index (χ2v) is 7.58. The van der Waals surface area contributed by atoms with Gasteiger partial charge in [-0.05, 0) is 15.9 Å².